The summed E-state index contributed by atoms with van der Waals surface area (Å²) in [4.78, 5) is 6.98. The van der Waals surface area contributed by atoms with Gasteiger partial charge in [-0.1, -0.05) is 0 Å². The first-order valence-electron chi connectivity index (χ1n) is 8.49. The third-order valence-corrected chi connectivity index (χ3v) is 5.04. The Morgan fingerprint density at radius 1 is 1.25 bits per heavy atom. The average molecular weight is 348 g/mol. The second-order valence-corrected chi connectivity index (χ2v) is 6.57. The van der Waals surface area contributed by atoms with Crippen LogP contribution < -0.4 is 14.4 Å². The van der Waals surface area contributed by atoms with Gasteiger partial charge in [0.1, 0.15) is 10.8 Å². The maximum absolute atomic E-state index is 9.50. The van der Waals surface area contributed by atoms with Crippen LogP contribution in [0.25, 0.3) is 10.6 Å². The Morgan fingerprint density at radius 3 is 2.79 bits per heavy atom. The van der Waals surface area contributed by atoms with Crippen molar-refractivity contribution in [2.75, 3.05) is 31.3 Å². The van der Waals surface area contributed by atoms with E-state index < -0.39 is 0 Å². The maximum Gasteiger partial charge on any atom is 0.161 e. The molecule has 0 bridgehead atoms. The molecule has 1 fully saturated rings. The van der Waals surface area contributed by atoms with Gasteiger partial charge in [0, 0.05) is 17.5 Å². The molecule has 1 aliphatic rings. The lowest BCUT2D eigenvalue weighted by Crippen LogP contribution is -2.32. The molecule has 0 aliphatic carbocycles. The summed E-state index contributed by atoms with van der Waals surface area (Å²) in [7, 11) is 0. The van der Waals surface area contributed by atoms with Crippen LogP contribution in [0, 0.1) is 0 Å². The molecule has 1 unspecified atom stereocenters. The molecular weight excluding hydrogens is 324 g/mol. The Balaban J connectivity index is 1.85. The quantitative estimate of drug-likeness (QED) is 0.829. The molecule has 0 spiro atoms. The minimum absolute atomic E-state index is 0.185. The van der Waals surface area contributed by atoms with Gasteiger partial charge < -0.3 is 19.5 Å². The summed E-state index contributed by atoms with van der Waals surface area (Å²) in [6.45, 7) is 6.28. The van der Waals surface area contributed by atoms with Crippen LogP contribution in [0.15, 0.2) is 23.6 Å². The largest absolute Gasteiger partial charge is 0.490 e. The molecule has 0 amide bonds. The first kappa shape index (κ1) is 17.0. The van der Waals surface area contributed by atoms with Crippen LogP contribution in [-0.4, -0.2) is 42.5 Å². The summed E-state index contributed by atoms with van der Waals surface area (Å²) in [5.74, 6) is 2.47. The number of thiazole rings is 1. The topological polar surface area (TPSA) is 54.8 Å². The molecule has 3 rings (SSSR count). The molecule has 1 N–H and O–H groups in total. The molecule has 6 heteroatoms. The zero-order valence-corrected chi connectivity index (χ0v) is 15.0. The first-order valence-corrected chi connectivity index (χ1v) is 9.37. The molecule has 0 saturated carbocycles. The van der Waals surface area contributed by atoms with Crippen molar-refractivity contribution < 1.29 is 14.6 Å². The van der Waals surface area contributed by atoms with E-state index in [9.17, 15) is 5.11 Å². The molecule has 24 heavy (non-hydrogen) atoms. The van der Waals surface area contributed by atoms with Crippen molar-refractivity contribution >= 4 is 17.2 Å². The fraction of sp³-hybridized carbons (Fsp3) is 0.500. The van der Waals surface area contributed by atoms with E-state index in [1.165, 1.54) is 0 Å². The number of anilines is 1. The number of nitrogens with zero attached hydrogens (tertiary/aromatic N) is 2. The lowest BCUT2D eigenvalue weighted by Gasteiger charge is -2.22. The lowest BCUT2D eigenvalue weighted by atomic mass is 10.2. The van der Waals surface area contributed by atoms with Gasteiger partial charge in [-0.25, -0.2) is 4.98 Å². The van der Waals surface area contributed by atoms with Crippen molar-refractivity contribution in [2.24, 2.45) is 0 Å². The Bertz CT molecular complexity index is 674. The number of rotatable bonds is 7. The van der Waals surface area contributed by atoms with Crippen LogP contribution in [-0.2, 0) is 0 Å². The Morgan fingerprint density at radius 2 is 2.04 bits per heavy atom. The van der Waals surface area contributed by atoms with E-state index in [1.807, 2.05) is 32.0 Å². The van der Waals surface area contributed by atoms with Crippen LogP contribution in [0.5, 0.6) is 11.5 Å². The second-order valence-electron chi connectivity index (χ2n) is 5.71. The minimum atomic E-state index is 0.185. The summed E-state index contributed by atoms with van der Waals surface area (Å²) in [5.41, 5.74) is 1.03. The van der Waals surface area contributed by atoms with Gasteiger partial charge in [0.2, 0.25) is 0 Å². The number of aliphatic hydroxyl groups excluding tert-OH is 1. The van der Waals surface area contributed by atoms with E-state index in [0.29, 0.717) is 13.2 Å². The van der Waals surface area contributed by atoms with Crippen LogP contribution in [0.3, 0.4) is 0 Å². The molecule has 130 valence electrons. The van der Waals surface area contributed by atoms with Crippen molar-refractivity contribution in [3.8, 4) is 22.1 Å². The molecule has 1 saturated heterocycles. The van der Waals surface area contributed by atoms with E-state index in [4.69, 9.17) is 14.5 Å². The molecule has 1 aromatic carbocycles. The van der Waals surface area contributed by atoms with Gasteiger partial charge in [-0.2, -0.15) is 0 Å². The second kappa shape index (κ2) is 7.85. The molecule has 1 aromatic heterocycles. The Hall–Kier alpha value is -1.79. The highest BCUT2D eigenvalue weighted by atomic mass is 32.1. The van der Waals surface area contributed by atoms with Crippen LogP contribution in [0.4, 0.5) is 5.82 Å². The zero-order chi connectivity index (χ0) is 16.9. The molecule has 1 atom stereocenters. The number of aromatic nitrogens is 1. The van der Waals surface area contributed by atoms with Crippen molar-refractivity contribution in [2.45, 2.75) is 32.7 Å². The summed E-state index contributed by atoms with van der Waals surface area (Å²) < 4.78 is 11.3. The molecule has 2 aromatic rings. The summed E-state index contributed by atoms with van der Waals surface area (Å²) >= 11 is 1.62. The SMILES string of the molecule is CCOc1ccc(-c2nc(N3CCCC3CO)cs2)cc1OCC. The predicted molar refractivity (Wildman–Crippen MR) is 97.3 cm³/mol. The fourth-order valence-corrected chi connectivity index (χ4v) is 3.86. The number of hydrogen-bond donors (Lipinski definition) is 1. The molecule has 1 aliphatic heterocycles. The van der Waals surface area contributed by atoms with E-state index in [2.05, 4.69) is 10.3 Å². The van der Waals surface area contributed by atoms with Gasteiger partial charge in [0.05, 0.1) is 25.9 Å². The smallest absolute Gasteiger partial charge is 0.161 e. The molecule has 2 heterocycles. The van der Waals surface area contributed by atoms with Gasteiger partial charge in [-0.15, -0.1) is 11.3 Å². The van der Waals surface area contributed by atoms with Gasteiger partial charge in [0.15, 0.2) is 11.5 Å². The maximum atomic E-state index is 9.50. The fourth-order valence-electron chi connectivity index (χ4n) is 3.04. The van der Waals surface area contributed by atoms with Crippen molar-refractivity contribution in [1.82, 2.24) is 4.98 Å². The van der Waals surface area contributed by atoms with Crippen LogP contribution >= 0.6 is 11.3 Å². The van der Waals surface area contributed by atoms with Crippen molar-refractivity contribution in [3.63, 3.8) is 0 Å². The number of benzene rings is 1. The number of aliphatic hydroxyl groups is 1. The average Bonchev–Trinajstić information content (AvgIpc) is 3.25. The van der Waals surface area contributed by atoms with Gasteiger partial charge in [-0.3, -0.25) is 0 Å². The van der Waals surface area contributed by atoms with Crippen LogP contribution in [0.1, 0.15) is 26.7 Å². The lowest BCUT2D eigenvalue weighted by molar-refractivity contribution is 0.266. The third kappa shape index (κ3) is 3.49. The minimum Gasteiger partial charge on any atom is -0.490 e. The molecule has 5 nitrogen and oxygen atoms in total. The van der Waals surface area contributed by atoms with E-state index in [1.54, 1.807) is 11.3 Å². The number of hydrogen-bond acceptors (Lipinski definition) is 6. The summed E-state index contributed by atoms with van der Waals surface area (Å²) in [6.07, 6.45) is 2.14. The number of ether oxygens (including phenoxy) is 2. The van der Waals surface area contributed by atoms with Gasteiger partial charge >= 0.3 is 0 Å². The third-order valence-electron chi connectivity index (χ3n) is 4.16. The Kier molecular flexibility index (Phi) is 5.58. The van der Waals surface area contributed by atoms with E-state index in [-0.39, 0.29) is 12.6 Å². The zero-order valence-electron chi connectivity index (χ0n) is 14.2. The van der Waals surface area contributed by atoms with E-state index >= 15 is 0 Å². The van der Waals surface area contributed by atoms with E-state index in [0.717, 1.165) is 47.3 Å². The molecular formula is C18H24N2O3S. The first-order chi connectivity index (χ1) is 11.8. The highest BCUT2D eigenvalue weighted by Crippen LogP contribution is 2.36. The summed E-state index contributed by atoms with van der Waals surface area (Å²) in [6, 6.07) is 6.14. The normalized spacial score (nSPS) is 17.3. The molecule has 0 radical (unpaired) electrons. The van der Waals surface area contributed by atoms with Crippen molar-refractivity contribution in [3.05, 3.63) is 23.6 Å². The monoisotopic (exact) mass is 348 g/mol. The van der Waals surface area contributed by atoms with Crippen LogP contribution in [0.2, 0.25) is 0 Å². The van der Waals surface area contributed by atoms with Crippen molar-refractivity contribution in [1.29, 1.82) is 0 Å². The Labute approximate surface area is 146 Å². The van der Waals surface area contributed by atoms with Gasteiger partial charge in [0.25, 0.3) is 0 Å². The highest BCUT2D eigenvalue weighted by Gasteiger charge is 2.25. The summed E-state index contributed by atoms with van der Waals surface area (Å²) in [5, 5.41) is 12.5. The standard InChI is InChI=1S/C18H24N2O3S/c1-3-22-15-8-7-13(10-16(15)23-4-2)18-19-17(12-24-18)20-9-5-6-14(20)11-21/h7-8,10,12,14,21H,3-6,9,11H2,1-2H3. The van der Waals surface area contributed by atoms with Gasteiger partial charge in [-0.05, 0) is 44.9 Å². The highest BCUT2D eigenvalue weighted by molar-refractivity contribution is 7.13. The predicted octanol–water partition coefficient (Wildman–Crippen LogP) is 3.57.